The summed E-state index contributed by atoms with van der Waals surface area (Å²) in [5.41, 5.74) is 1.70. The van der Waals surface area contributed by atoms with Gasteiger partial charge in [0.05, 0.1) is 24.6 Å². The Morgan fingerprint density at radius 1 is 1.30 bits per heavy atom. The molecule has 23 heavy (non-hydrogen) atoms. The van der Waals surface area contributed by atoms with E-state index in [0.717, 1.165) is 62.7 Å². The third-order valence-corrected chi connectivity index (χ3v) is 4.39. The highest BCUT2D eigenvalue weighted by molar-refractivity contribution is 5.95. The molecule has 124 valence electrons. The van der Waals surface area contributed by atoms with Crippen molar-refractivity contribution in [2.45, 2.75) is 33.4 Å². The van der Waals surface area contributed by atoms with Gasteiger partial charge in [0.15, 0.2) is 0 Å². The van der Waals surface area contributed by atoms with Crippen LogP contribution in [0.15, 0.2) is 29.0 Å². The fraction of sp³-hybridized carbons (Fsp3) is 0.529. The number of hydrogen-bond donors (Lipinski definition) is 0. The number of piperazine rings is 1. The van der Waals surface area contributed by atoms with Gasteiger partial charge in [-0.05, 0) is 25.5 Å². The number of amides is 1. The topological polar surface area (TPSA) is 54.5 Å². The van der Waals surface area contributed by atoms with Crippen LogP contribution in [-0.2, 0) is 13.1 Å². The first-order chi connectivity index (χ1) is 11.2. The smallest absolute Gasteiger partial charge is 0.257 e. The SMILES string of the molecule is CCCn1ncc(C(=O)N2CCN(Cc3ccco3)CC2)c1C. The average molecular weight is 316 g/mol. The summed E-state index contributed by atoms with van der Waals surface area (Å²) in [5, 5.41) is 4.33. The molecule has 2 aromatic heterocycles. The Morgan fingerprint density at radius 2 is 2.09 bits per heavy atom. The highest BCUT2D eigenvalue weighted by Gasteiger charge is 2.25. The summed E-state index contributed by atoms with van der Waals surface area (Å²) in [6.07, 6.45) is 4.43. The van der Waals surface area contributed by atoms with E-state index in [4.69, 9.17) is 4.42 Å². The van der Waals surface area contributed by atoms with Gasteiger partial charge < -0.3 is 9.32 Å². The van der Waals surface area contributed by atoms with Crippen molar-refractivity contribution in [2.75, 3.05) is 26.2 Å². The van der Waals surface area contributed by atoms with Crippen LogP contribution < -0.4 is 0 Å². The molecule has 1 aliphatic heterocycles. The van der Waals surface area contributed by atoms with Crippen molar-refractivity contribution < 1.29 is 9.21 Å². The molecule has 3 heterocycles. The van der Waals surface area contributed by atoms with Crippen LogP contribution in [0.4, 0.5) is 0 Å². The quantitative estimate of drug-likeness (QED) is 0.848. The summed E-state index contributed by atoms with van der Waals surface area (Å²) in [5.74, 6) is 1.07. The van der Waals surface area contributed by atoms with Crippen molar-refractivity contribution in [2.24, 2.45) is 0 Å². The van der Waals surface area contributed by atoms with Gasteiger partial charge in [0.1, 0.15) is 5.76 Å². The Hall–Kier alpha value is -2.08. The minimum atomic E-state index is 0.0995. The van der Waals surface area contributed by atoms with Gasteiger partial charge in [0.25, 0.3) is 5.91 Å². The first-order valence-electron chi connectivity index (χ1n) is 8.25. The Labute approximate surface area is 136 Å². The largest absolute Gasteiger partial charge is 0.468 e. The Morgan fingerprint density at radius 3 is 2.74 bits per heavy atom. The van der Waals surface area contributed by atoms with Crippen molar-refractivity contribution in [1.82, 2.24) is 19.6 Å². The fourth-order valence-corrected chi connectivity index (χ4v) is 3.00. The van der Waals surface area contributed by atoms with Crippen LogP contribution in [0.25, 0.3) is 0 Å². The standard InChI is InChI=1S/C17H24N4O2/c1-3-6-21-14(2)16(12-18-21)17(22)20-9-7-19(8-10-20)13-15-5-4-11-23-15/h4-5,11-12H,3,6-10,13H2,1-2H3. The molecule has 0 atom stereocenters. The summed E-state index contributed by atoms with van der Waals surface area (Å²) in [6, 6.07) is 3.90. The molecule has 0 N–H and O–H groups in total. The van der Waals surface area contributed by atoms with Crippen molar-refractivity contribution in [3.8, 4) is 0 Å². The number of hydrogen-bond acceptors (Lipinski definition) is 4. The van der Waals surface area contributed by atoms with E-state index in [-0.39, 0.29) is 5.91 Å². The molecule has 0 spiro atoms. The predicted molar refractivity (Wildman–Crippen MR) is 87.1 cm³/mol. The van der Waals surface area contributed by atoms with Gasteiger partial charge in [0, 0.05) is 38.4 Å². The summed E-state index contributed by atoms with van der Waals surface area (Å²) in [6.45, 7) is 8.99. The molecule has 0 saturated carbocycles. The highest BCUT2D eigenvalue weighted by atomic mass is 16.3. The van der Waals surface area contributed by atoms with E-state index < -0.39 is 0 Å². The molecule has 0 bridgehead atoms. The molecule has 2 aromatic rings. The van der Waals surface area contributed by atoms with Crippen LogP contribution in [0.2, 0.25) is 0 Å². The molecule has 0 aromatic carbocycles. The van der Waals surface area contributed by atoms with Crippen LogP contribution in [0, 0.1) is 6.92 Å². The highest BCUT2D eigenvalue weighted by Crippen LogP contribution is 2.14. The molecular weight excluding hydrogens is 292 g/mol. The number of nitrogens with zero attached hydrogens (tertiary/aromatic N) is 4. The van der Waals surface area contributed by atoms with Crippen LogP contribution in [0.5, 0.6) is 0 Å². The van der Waals surface area contributed by atoms with Gasteiger partial charge >= 0.3 is 0 Å². The Bertz CT molecular complexity index is 640. The number of aryl methyl sites for hydroxylation is 1. The van der Waals surface area contributed by atoms with E-state index in [0.29, 0.717) is 0 Å². The number of aromatic nitrogens is 2. The summed E-state index contributed by atoms with van der Waals surface area (Å²) in [4.78, 5) is 16.9. The molecule has 0 unspecified atom stereocenters. The van der Waals surface area contributed by atoms with Gasteiger partial charge in [-0.1, -0.05) is 6.92 Å². The third kappa shape index (κ3) is 3.47. The zero-order valence-electron chi connectivity index (χ0n) is 13.9. The Kier molecular flexibility index (Phi) is 4.81. The third-order valence-electron chi connectivity index (χ3n) is 4.39. The molecule has 0 radical (unpaired) electrons. The van der Waals surface area contributed by atoms with Crippen LogP contribution in [0.1, 0.15) is 35.2 Å². The van der Waals surface area contributed by atoms with E-state index in [2.05, 4.69) is 16.9 Å². The molecule has 1 amide bonds. The van der Waals surface area contributed by atoms with Crippen molar-refractivity contribution in [1.29, 1.82) is 0 Å². The minimum absolute atomic E-state index is 0.0995. The zero-order chi connectivity index (χ0) is 16.2. The van der Waals surface area contributed by atoms with E-state index in [1.54, 1.807) is 12.5 Å². The molecular formula is C17H24N4O2. The fourth-order valence-electron chi connectivity index (χ4n) is 3.00. The molecule has 6 heteroatoms. The van der Waals surface area contributed by atoms with Gasteiger partial charge in [-0.25, -0.2) is 0 Å². The first-order valence-corrected chi connectivity index (χ1v) is 8.25. The van der Waals surface area contributed by atoms with Crippen LogP contribution >= 0.6 is 0 Å². The first kappa shape index (κ1) is 15.8. The number of carbonyl (C=O) groups excluding carboxylic acids is 1. The normalized spacial score (nSPS) is 16.0. The van der Waals surface area contributed by atoms with E-state index in [1.807, 2.05) is 28.6 Å². The van der Waals surface area contributed by atoms with Gasteiger partial charge in [-0.15, -0.1) is 0 Å². The van der Waals surface area contributed by atoms with Crippen molar-refractivity contribution in [3.63, 3.8) is 0 Å². The summed E-state index contributed by atoms with van der Waals surface area (Å²) >= 11 is 0. The number of carbonyl (C=O) groups is 1. The minimum Gasteiger partial charge on any atom is -0.468 e. The maximum atomic E-state index is 12.7. The van der Waals surface area contributed by atoms with Crippen molar-refractivity contribution in [3.05, 3.63) is 41.6 Å². The maximum absolute atomic E-state index is 12.7. The molecule has 1 aliphatic rings. The zero-order valence-corrected chi connectivity index (χ0v) is 13.9. The number of rotatable bonds is 5. The summed E-state index contributed by atoms with van der Waals surface area (Å²) in [7, 11) is 0. The van der Waals surface area contributed by atoms with E-state index >= 15 is 0 Å². The predicted octanol–water partition coefficient (Wildman–Crippen LogP) is 2.15. The molecule has 0 aliphatic carbocycles. The van der Waals surface area contributed by atoms with E-state index in [1.165, 1.54) is 0 Å². The second kappa shape index (κ2) is 7.00. The molecule has 3 rings (SSSR count). The number of furan rings is 1. The lowest BCUT2D eigenvalue weighted by Crippen LogP contribution is -2.48. The lowest BCUT2D eigenvalue weighted by molar-refractivity contribution is 0.0619. The van der Waals surface area contributed by atoms with Gasteiger partial charge in [-0.3, -0.25) is 14.4 Å². The average Bonchev–Trinajstić information content (AvgIpc) is 3.19. The lowest BCUT2D eigenvalue weighted by Gasteiger charge is -2.34. The van der Waals surface area contributed by atoms with Gasteiger partial charge in [0.2, 0.25) is 0 Å². The molecule has 6 nitrogen and oxygen atoms in total. The lowest BCUT2D eigenvalue weighted by atomic mass is 10.2. The van der Waals surface area contributed by atoms with Crippen LogP contribution in [0.3, 0.4) is 0 Å². The van der Waals surface area contributed by atoms with Gasteiger partial charge in [-0.2, -0.15) is 5.10 Å². The molecule has 1 fully saturated rings. The van der Waals surface area contributed by atoms with Crippen LogP contribution in [-0.4, -0.2) is 51.7 Å². The van der Waals surface area contributed by atoms with E-state index in [9.17, 15) is 4.79 Å². The second-order valence-corrected chi connectivity index (χ2v) is 6.01. The Balaban J connectivity index is 1.58. The maximum Gasteiger partial charge on any atom is 0.257 e. The van der Waals surface area contributed by atoms with Crippen molar-refractivity contribution >= 4 is 5.91 Å². The second-order valence-electron chi connectivity index (χ2n) is 6.01. The monoisotopic (exact) mass is 316 g/mol. The summed E-state index contributed by atoms with van der Waals surface area (Å²) < 4.78 is 7.31. The molecule has 1 saturated heterocycles.